The second-order valence-electron chi connectivity index (χ2n) is 5.53. The summed E-state index contributed by atoms with van der Waals surface area (Å²) in [4.78, 5) is 2.53. The maximum atomic E-state index is 6.06. The van der Waals surface area contributed by atoms with Gasteiger partial charge in [-0.3, -0.25) is 4.90 Å². The first kappa shape index (κ1) is 13.9. The van der Waals surface area contributed by atoms with E-state index in [-0.39, 0.29) is 0 Å². The Morgan fingerprint density at radius 3 is 2.78 bits per heavy atom. The molecule has 0 spiro atoms. The molecule has 100 valence electrons. The van der Waals surface area contributed by atoms with Crippen molar-refractivity contribution in [1.82, 2.24) is 10.2 Å². The van der Waals surface area contributed by atoms with Crippen LogP contribution < -0.4 is 5.32 Å². The van der Waals surface area contributed by atoms with Crippen molar-refractivity contribution in [3.63, 3.8) is 0 Å². The molecule has 0 saturated carbocycles. The standard InChI is InChI=1S/C15H23ClN2/c1-11(2)17-15-7-8-18(10-15)12(3)13-5-4-6-14(16)9-13/h4-6,9,11-12,15,17H,7-8,10H2,1-3H3. The van der Waals surface area contributed by atoms with E-state index in [1.807, 2.05) is 12.1 Å². The molecule has 1 heterocycles. The summed E-state index contributed by atoms with van der Waals surface area (Å²) in [6, 6.07) is 9.86. The van der Waals surface area contributed by atoms with Gasteiger partial charge in [0.25, 0.3) is 0 Å². The highest BCUT2D eigenvalue weighted by Gasteiger charge is 2.26. The molecule has 0 radical (unpaired) electrons. The highest BCUT2D eigenvalue weighted by Crippen LogP contribution is 2.26. The fourth-order valence-corrected chi connectivity index (χ4v) is 2.92. The molecule has 1 fully saturated rings. The second kappa shape index (κ2) is 6.05. The van der Waals surface area contributed by atoms with Crippen LogP contribution in [0.3, 0.4) is 0 Å². The van der Waals surface area contributed by atoms with E-state index in [9.17, 15) is 0 Å². The topological polar surface area (TPSA) is 15.3 Å². The van der Waals surface area contributed by atoms with Crippen LogP contribution >= 0.6 is 11.6 Å². The lowest BCUT2D eigenvalue weighted by molar-refractivity contribution is 0.254. The van der Waals surface area contributed by atoms with E-state index < -0.39 is 0 Å². The Labute approximate surface area is 115 Å². The molecule has 3 heteroatoms. The van der Waals surface area contributed by atoms with Crippen molar-refractivity contribution in [3.8, 4) is 0 Å². The fraction of sp³-hybridized carbons (Fsp3) is 0.600. The highest BCUT2D eigenvalue weighted by molar-refractivity contribution is 6.30. The summed E-state index contributed by atoms with van der Waals surface area (Å²) in [6.07, 6.45) is 1.24. The van der Waals surface area contributed by atoms with Gasteiger partial charge in [0.15, 0.2) is 0 Å². The molecule has 0 aliphatic carbocycles. The number of halogens is 1. The molecule has 1 aliphatic rings. The van der Waals surface area contributed by atoms with Gasteiger partial charge in [0.05, 0.1) is 0 Å². The van der Waals surface area contributed by atoms with Gasteiger partial charge in [-0.05, 0) is 31.0 Å². The largest absolute Gasteiger partial charge is 0.310 e. The van der Waals surface area contributed by atoms with Crippen molar-refractivity contribution >= 4 is 11.6 Å². The molecule has 1 N–H and O–H groups in total. The molecule has 0 aromatic heterocycles. The normalized spacial score (nSPS) is 22.6. The number of hydrogen-bond acceptors (Lipinski definition) is 2. The van der Waals surface area contributed by atoms with Crippen LogP contribution in [0.5, 0.6) is 0 Å². The monoisotopic (exact) mass is 266 g/mol. The summed E-state index contributed by atoms with van der Waals surface area (Å²) in [5.41, 5.74) is 1.31. The second-order valence-corrected chi connectivity index (χ2v) is 5.97. The average molecular weight is 267 g/mol. The molecule has 1 aliphatic heterocycles. The lowest BCUT2D eigenvalue weighted by Crippen LogP contribution is -2.37. The highest BCUT2D eigenvalue weighted by atomic mass is 35.5. The van der Waals surface area contributed by atoms with Crippen LogP contribution in [0.15, 0.2) is 24.3 Å². The third-order valence-corrected chi connectivity index (χ3v) is 3.90. The molecule has 1 saturated heterocycles. The lowest BCUT2D eigenvalue weighted by Gasteiger charge is -2.25. The summed E-state index contributed by atoms with van der Waals surface area (Å²) >= 11 is 6.06. The van der Waals surface area contributed by atoms with Crippen LogP contribution in [-0.2, 0) is 0 Å². The van der Waals surface area contributed by atoms with Crippen LogP contribution in [0.25, 0.3) is 0 Å². The van der Waals surface area contributed by atoms with Crippen molar-refractivity contribution in [3.05, 3.63) is 34.9 Å². The Morgan fingerprint density at radius 1 is 1.33 bits per heavy atom. The molecule has 2 rings (SSSR count). The first-order valence-electron chi connectivity index (χ1n) is 6.82. The predicted octanol–water partition coefficient (Wildman–Crippen LogP) is 3.47. The maximum Gasteiger partial charge on any atom is 0.0409 e. The Balaban J connectivity index is 1.97. The molecule has 2 unspecified atom stereocenters. The van der Waals surface area contributed by atoms with Crippen LogP contribution in [-0.4, -0.2) is 30.1 Å². The van der Waals surface area contributed by atoms with Crippen molar-refractivity contribution in [2.75, 3.05) is 13.1 Å². The van der Waals surface area contributed by atoms with Gasteiger partial charge in [0.2, 0.25) is 0 Å². The van der Waals surface area contributed by atoms with Gasteiger partial charge in [-0.1, -0.05) is 37.6 Å². The molecule has 1 aromatic rings. The number of benzene rings is 1. The molecule has 2 atom stereocenters. The van der Waals surface area contributed by atoms with Crippen LogP contribution in [0, 0.1) is 0 Å². The van der Waals surface area contributed by atoms with E-state index >= 15 is 0 Å². The van der Waals surface area contributed by atoms with E-state index in [0.717, 1.165) is 18.1 Å². The molecule has 1 aromatic carbocycles. The average Bonchev–Trinajstić information content (AvgIpc) is 2.75. The van der Waals surface area contributed by atoms with Gasteiger partial charge in [-0.25, -0.2) is 0 Å². The van der Waals surface area contributed by atoms with Crippen LogP contribution in [0.4, 0.5) is 0 Å². The minimum Gasteiger partial charge on any atom is -0.310 e. The smallest absolute Gasteiger partial charge is 0.0409 e. The Morgan fingerprint density at radius 2 is 2.11 bits per heavy atom. The minimum absolute atomic E-state index is 0.447. The van der Waals surface area contributed by atoms with E-state index in [1.165, 1.54) is 12.0 Å². The van der Waals surface area contributed by atoms with Gasteiger partial charge in [-0.2, -0.15) is 0 Å². The van der Waals surface area contributed by atoms with E-state index in [4.69, 9.17) is 11.6 Å². The summed E-state index contributed by atoms with van der Waals surface area (Å²) in [5.74, 6) is 0. The van der Waals surface area contributed by atoms with Crippen molar-refractivity contribution in [2.24, 2.45) is 0 Å². The Kier molecular flexibility index (Phi) is 4.66. The molecule has 18 heavy (non-hydrogen) atoms. The summed E-state index contributed by atoms with van der Waals surface area (Å²) in [5, 5.41) is 4.45. The summed E-state index contributed by atoms with van der Waals surface area (Å²) < 4.78 is 0. The Bertz CT molecular complexity index is 392. The number of nitrogens with one attached hydrogen (secondary N) is 1. The fourth-order valence-electron chi connectivity index (χ4n) is 2.72. The van der Waals surface area contributed by atoms with Crippen molar-refractivity contribution in [1.29, 1.82) is 0 Å². The number of nitrogens with zero attached hydrogens (tertiary/aromatic N) is 1. The molecular weight excluding hydrogens is 244 g/mol. The Hall–Kier alpha value is -0.570. The van der Waals surface area contributed by atoms with Gasteiger partial charge in [-0.15, -0.1) is 0 Å². The van der Waals surface area contributed by atoms with Gasteiger partial charge in [0.1, 0.15) is 0 Å². The van der Waals surface area contributed by atoms with E-state index in [1.54, 1.807) is 0 Å². The van der Waals surface area contributed by atoms with Crippen LogP contribution in [0.2, 0.25) is 5.02 Å². The lowest BCUT2D eigenvalue weighted by atomic mass is 10.1. The maximum absolute atomic E-state index is 6.06. The quantitative estimate of drug-likeness (QED) is 0.898. The zero-order valence-electron chi connectivity index (χ0n) is 11.5. The molecule has 0 amide bonds. The third-order valence-electron chi connectivity index (χ3n) is 3.67. The van der Waals surface area contributed by atoms with E-state index in [2.05, 4.69) is 43.1 Å². The van der Waals surface area contributed by atoms with Gasteiger partial charge < -0.3 is 5.32 Å². The number of hydrogen-bond donors (Lipinski definition) is 1. The number of rotatable bonds is 4. The SMILES string of the molecule is CC(C)NC1CCN(C(C)c2cccc(Cl)c2)C1. The zero-order chi connectivity index (χ0) is 13.1. The summed E-state index contributed by atoms with van der Waals surface area (Å²) in [7, 11) is 0. The third kappa shape index (κ3) is 3.47. The van der Waals surface area contributed by atoms with Crippen molar-refractivity contribution < 1.29 is 0 Å². The van der Waals surface area contributed by atoms with E-state index in [0.29, 0.717) is 18.1 Å². The van der Waals surface area contributed by atoms with Crippen LogP contribution in [0.1, 0.15) is 38.8 Å². The summed E-state index contributed by atoms with van der Waals surface area (Å²) in [6.45, 7) is 8.99. The first-order chi connectivity index (χ1) is 8.56. The van der Waals surface area contributed by atoms with Gasteiger partial charge in [0, 0.05) is 36.2 Å². The molecule has 0 bridgehead atoms. The minimum atomic E-state index is 0.447. The van der Waals surface area contributed by atoms with Gasteiger partial charge >= 0.3 is 0 Å². The molecule has 2 nitrogen and oxygen atoms in total. The predicted molar refractivity (Wildman–Crippen MR) is 78.1 cm³/mol. The first-order valence-corrected chi connectivity index (χ1v) is 7.19. The van der Waals surface area contributed by atoms with Crippen molar-refractivity contribution in [2.45, 2.75) is 45.3 Å². The zero-order valence-corrected chi connectivity index (χ0v) is 12.2. The molecular formula is C15H23ClN2. The number of likely N-dealkylation sites (tertiary alicyclic amines) is 1.